The summed E-state index contributed by atoms with van der Waals surface area (Å²) in [5.74, 6) is -1.53. The van der Waals surface area contributed by atoms with Crippen molar-refractivity contribution in [1.82, 2.24) is 9.88 Å². The van der Waals surface area contributed by atoms with Gasteiger partial charge in [0.25, 0.3) is 5.69 Å². The maximum Gasteiger partial charge on any atom is 0.269 e. The Hall–Kier alpha value is -3.91. The number of nitrogens with one attached hydrogen (secondary N) is 1. The number of ketones is 1. The minimum absolute atomic E-state index is 0.0214. The minimum atomic E-state index is -1.18. The first-order valence-corrected chi connectivity index (χ1v) is 11.4. The number of carbonyl (C=O) groups is 2. The van der Waals surface area contributed by atoms with Gasteiger partial charge in [0.2, 0.25) is 5.91 Å². The molecule has 3 aromatic rings. The maximum absolute atomic E-state index is 14.2. The number of Topliss-reactive ketones (excluding diaryl/α,β-unsaturated/α-hetero) is 1. The largest absolute Gasteiger partial charge is 0.324 e. The minimum Gasteiger partial charge on any atom is -0.324 e. The van der Waals surface area contributed by atoms with Gasteiger partial charge in [-0.25, -0.2) is 0 Å². The quantitative estimate of drug-likeness (QED) is 0.364. The van der Waals surface area contributed by atoms with Crippen LogP contribution in [0.25, 0.3) is 0 Å². The first kappa shape index (κ1) is 20.7. The Morgan fingerprint density at radius 1 is 1.15 bits per heavy atom. The highest BCUT2D eigenvalue weighted by Crippen LogP contribution is 2.61. The molecule has 1 amide bonds. The lowest BCUT2D eigenvalue weighted by molar-refractivity contribution is -0.384. The van der Waals surface area contributed by atoms with Crippen LogP contribution in [0.2, 0.25) is 0 Å². The predicted octanol–water partition coefficient (Wildman–Crippen LogP) is 3.90. The van der Waals surface area contributed by atoms with Crippen LogP contribution in [0.1, 0.15) is 40.2 Å². The summed E-state index contributed by atoms with van der Waals surface area (Å²) in [6.45, 7) is 0.675. The molecule has 4 atom stereocenters. The smallest absolute Gasteiger partial charge is 0.269 e. The molecule has 2 aromatic carbocycles. The Morgan fingerprint density at radius 2 is 2.00 bits per heavy atom. The molecule has 4 heterocycles. The number of pyridine rings is 1. The Balaban J connectivity index is 1.62. The summed E-state index contributed by atoms with van der Waals surface area (Å²) >= 11 is 0. The van der Waals surface area contributed by atoms with E-state index in [4.69, 9.17) is 0 Å². The van der Waals surface area contributed by atoms with E-state index in [9.17, 15) is 19.7 Å². The van der Waals surface area contributed by atoms with Crippen LogP contribution in [0.5, 0.6) is 0 Å². The highest BCUT2D eigenvalue weighted by Gasteiger charge is 2.69. The lowest BCUT2D eigenvalue weighted by Gasteiger charge is -2.36. The number of hydrogen-bond donors (Lipinski definition) is 1. The van der Waals surface area contributed by atoms with Crippen molar-refractivity contribution in [3.05, 3.63) is 99.9 Å². The molecule has 1 aromatic heterocycles. The summed E-state index contributed by atoms with van der Waals surface area (Å²) in [7, 11) is 0. The van der Waals surface area contributed by atoms with Crippen LogP contribution < -0.4 is 5.32 Å². The molecule has 8 heteroatoms. The average Bonchev–Trinajstić information content (AvgIpc) is 3.52. The fraction of sp³-hybridized carbons (Fsp3) is 0.269. The van der Waals surface area contributed by atoms with Gasteiger partial charge in [0.1, 0.15) is 5.54 Å². The first-order valence-electron chi connectivity index (χ1n) is 11.4. The molecule has 2 saturated heterocycles. The van der Waals surface area contributed by atoms with Gasteiger partial charge in [0, 0.05) is 53.3 Å². The molecule has 1 spiro atoms. The van der Waals surface area contributed by atoms with E-state index in [0.29, 0.717) is 23.4 Å². The number of aromatic nitrogens is 1. The Morgan fingerprint density at radius 3 is 2.79 bits per heavy atom. The van der Waals surface area contributed by atoms with Crippen molar-refractivity contribution in [2.24, 2.45) is 5.92 Å². The zero-order valence-corrected chi connectivity index (χ0v) is 18.3. The van der Waals surface area contributed by atoms with E-state index in [-0.39, 0.29) is 29.3 Å². The van der Waals surface area contributed by atoms with Crippen molar-refractivity contribution in [3.63, 3.8) is 0 Å². The molecule has 0 bridgehead atoms. The molecule has 6 rings (SSSR count). The summed E-state index contributed by atoms with van der Waals surface area (Å²) in [6.07, 6.45) is 4.83. The van der Waals surface area contributed by atoms with Crippen molar-refractivity contribution in [2.45, 2.75) is 30.3 Å². The normalized spacial score (nSPS) is 27.4. The molecule has 2 fully saturated rings. The molecule has 0 unspecified atom stereocenters. The van der Waals surface area contributed by atoms with Gasteiger partial charge in [-0.05, 0) is 43.1 Å². The molecule has 8 nitrogen and oxygen atoms in total. The Bertz CT molecular complexity index is 1330. The van der Waals surface area contributed by atoms with Crippen molar-refractivity contribution >= 4 is 23.1 Å². The lowest BCUT2D eigenvalue weighted by atomic mass is 9.69. The number of anilines is 1. The van der Waals surface area contributed by atoms with Gasteiger partial charge in [0.15, 0.2) is 5.78 Å². The third kappa shape index (κ3) is 2.72. The summed E-state index contributed by atoms with van der Waals surface area (Å²) in [5.41, 5.74) is 1.44. The number of non-ortho nitro benzene ring substituents is 1. The van der Waals surface area contributed by atoms with Crippen molar-refractivity contribution in [2.75, 3.05) is 11.9 Å². The summed E-state index contributed by atoms with van der Waals surface area (Å²) in [5, 5.41) is 14.6. The molecular formula is C26H22N4O4. The van der Waals surface area contributed by atoms with Crippen LogP contribution in [-0.2, 0) is 10.3 Å². The van der Waals surface area contributed by atoms with Crippen molar-refractivity contribution in [1.29, 1.82) is 0 Å². The summed E-state index contributed by atoms with van der Waals surface area (Å²) < 4.78 is 0. The SMILES string of the molecule is O=C(c1cccnc1)[C@@H]1[C@H](c2cccc([N+](=O)[O-])c2)[C@H]2CCCN2[C@@]12C(=O)Nc1ccccc12. The van der Waals surface area contributed by atoms with E-state index in [0.717, 1.165) is 18.4 Å². The fourth-order valence-electron chi connectivity index (χ4n) is 6.42. The number of nitrogens with zero attached hydrogens (tertiary/aromatic N) is 3. The van der Waals surface area contributed by atoms with Crippen LogP contribution in [0, 0.1) is 16.0 Å². The molecule has 0 aliphatic carbocycles. The molecule has 0 radical (unpaired) electrons. The molecule has 170 valence electrons. The van der Waals surface area contributed by atoms with Gasteiger partial charge in [0.05, 0.1) is 10.8 Å². The summed E-state index contributed by atoms with van der Waals surface area (Å²) in [4.78, 5) is 45.5. The number of hydrogen-bond acceptors (Lipinski definition) is 6. The van der Waals surface area contributed by atoms with E-state index in [1.54, 1.807) is 30.5 Å². The van der Waals surface area contributed by atoms with Crippen LogP contribution >= 0.6 is 0 Å². The number of para-hydroxylation sites is 1. The first-order chi connectivity index (χ1) is 16.5. The second kappa shape index (κ2) is 7.56. The lowest BCUT2D eigenvalue weighted by Crippen LogP contribution is -2.52. The van der Waals surface area contributed by atoms with Gasteiger partial charge in [-0.15, -0.1) is 0 Å². The average molecular weight is 454 g/mol. The van der Waals surface area contributed by atoms with E-state index in [2.05, 4.69) is 15.2 Å². The van der Waals surface area contributed by atoms with Gasteiger partial charge < -0.3 is 5.32 Å². The Kier molecular flexibility index (Phi) is 4.60. The zero-order valence-electron chi connectivity index (χ0n) is 18.3. The van der Waals surface area contributed by atoms with E-state index >= 15 is 0 Å². The summed E-state index contributed by atoms with van der Waals surface area (Å²) in [6, 6.07) is 17.4. The van der Waals surface area contributed by atoms with E-state index in [1.807, 2.05) is 30.3 Å². The molecule has 3 aliphatic rings. The molecular weight excluding hydrogens is 432 g/mol. The van der Waals surface area contributed by atoms with E-state index < -0.39 is 16.4 Å². The van der Waals surface area contributed by atoms with Gasteiger partial charge >= 0.3 is 0 Å². The maximum atomic E-state index is 14.2. The Labute approximate surface area is 195 Å². The number of fused-ring (bicyclic) bond motifs is 4. The third-order valence-electron chi connectivity index (χ3n) is 7.60. The number of nitro groups is 1. The number of benzene rings is 2. The third-order valence-corrected chi connectivity index (χ3v) is 7.60. The van der Waals surface area contributed by atoms with Gasteiger partial charge in [-0.2, -0.15) is 0 Å². The molecule has 3 aliphatic heterocycles. The van der Waals surface area contributed by atoms with Crippen LogP contribution in [0.4, 0.5) is 11.4 Å². The zero-order chi connectivity index (χ0) is 23.4. The molecule has 0 saturated carbocycles. The topological polar surface area (TPSA) is 105 Å². The van der Waals surface area contributed by atoms with Crippen LogP contribution in [0.15, 0.2) is 73.1 Å². The molecule has 34 heavy (non-hydrogen) atoms. The second-order valence-corrected chi connectivity index (χ2v) is 9.13. The highest BCUT2D eigenvalue weighted by atomic mass is 16.6. The number of rotatable bonds is 4. The number of nitro benzene ring substituents is 1. The highest BCUT2D eigenvalue weighted by molar-refractivity contribution is 6.12. The van der Waals surface area contributed by atoms with Crippen LogP contribution in [0.3, 0.4) is 0 Å². The number of amides is 1. The monoisotopic (exact) mass is 454 g/mol. The van der Waals surface area contributed by atoms with Crippen molar-refractivity contribution in [3.8, 4) is 0 Å². The fourth-order valence-corrected chi connectivity index (χ4v) is 6.42. The van der Waals surface area contributed by atoms with Gasteiger partial charge in [-0.3, -0.25) is 29.6 Å². The number of carbonyl (C=O) groups excluding carboxylic acids is 2. The van der Waals surface area contributed by atoms with Crippen molar-refractivity contribution < 1.29 is 14.5 Å². The standard InChI is InChI=1S/C26H22N4O4/c31-24(17-7-4-12-27-15-17)23-22(16-6-3-8-18(14-16)30(33)34)21-11-5-13-29(21)26(23)19-9-1-2-10-20(19)28-25(26)32/h1-4,6-10,12,14-15,21-23H,5,11,13H2,(H,28,32)/t21-,22-,23+,26-/m1/s1. The van der Waals surface area contributed by atoms with Gasteiger partial charge in [-0.1, -0.05) is 30.3 Å². The second-order valence-electron chi connectivity index (χ2n) is 9.13. The van der Waals surface area contributed by atoms with Crippen LogP contribution in [-0.4, -0.2) is 39.1 Å². The molecule has 1 N–H and O–H groups in total. The predicted molar refractivity (Wildman–Crippen MR) is 124 cm³/mol. The van der Waals surface area contributed by atoms with E-state index in [1.165, 1.54) is 12.3 Å².